The number of nitro benzene ring substituents is 1. The molecule has 6 nitrogen and oxygen atoms in total. The lowest BCUT2D eigenvalue weighted by molar-refractivity contribution is -0.385. The summed E-state index contributed by atoms with van der Waals surface area (Å²) in [5.41, 5.74) is 3.01. The maximum atomic E-state index is 12.0. The summed E-state index contributed by atoms with van der Waals surface area (Å²) in [6, 6.07) is 12.4. The summed E-state index contributed by atoms with van der Waals surface area (Å²) in [5, 5.41) is 16.7. The van der Waals surface area contributed by atoms with Crippen LogP contribution < -0.4 is 10.6 Å². The molecule has 0 saturated heterocycles. The monoisotopic (exact) mass is 313 g/mol. The van der Waals surface area contributed by atoms with E-state index in [1.165, 1.54) is 6.07 Å². The molecule has 1 amide bonds. The van der Waals surface area contributed by atoms with Gasteiger partial charge in [-0.3, -0.25) is 14.9 Å². The summed E-state index contributed by atoms with van der Waals surface area (Å²) in [4.78, 5) is 22.5. The minimum atomic E-state index is -0.434. The molecule has 120 valence electrons. The minimum Gasteiger partial charge on any atom is -0.376 e. The van der Waals surface area contributed by atoms with E-state index in [1.54, 1.807) is 19.1 Å². The average molecular weight is 313 g/mol. The molecule has 0 aliphatic rings. The molecule has 0 unspecified atom stereocenters. The van der Waals surface area contributed by atoms with Crippen LogP contribution in [0.25, 0.3) is 0 Å². The largest absolute Gasteiger partial charge is 0.376 e. The van der Waals surface area contributed by atoms with E-state index in [-0.39, 0.29) is 18.1 Å². The molecule has 0 atom stereocenters. The third-order valence-electron chi connectivity index (χ3n) is 3.56. The fourth-order valence-corrected chi connectivity index (χ4v) is 2.26. The van der Waals surface area contributed by atoms with E-state index in [9.17, 15) is 14.9 Å². The number of nitrogens with one attached hydrogen (secondary N) is 2. The fourth-order valence-electron chi connectivity index (χ4n) is 2.26. The number of hydrogen-bond acceptors (Lipinski definition) is 4. The zero-order chi connectivity index (χ0) is 16.8. The van der Waals surface area contributed by atoms with E-state index in [2.05, 4.69) is 10.6 Å². The van der Waals surface area contributed by atoms with Crippen LogP contribution in [0.2, 0.25) is 0 Å². The number of aryl methyl sites for hydroxylation is 1. The summed E-state index contributed by atoms with van der Waals surface area (Å²) in [6.07, 6.45) is 0.898. The molecule has 0 aliphatic heterocycles. The molecule has 2 aromatic carbocycles. The Morgan fingerprint density at radius 2 is 1.96 bits per heavy atom. The van der Waals surface area contributed by atoms with Crippen molar-refractivity contribution in [3.05, 3.63) is 63.7 Å². The highest BCUT2D eigenvalue weighted by Crippen LogP contribution is 2.24. The van der Waals surface area contributed by atoms with Gasteiger partial charge in [0, 0.05) is 23.0 Å². The SMILES string of the molecule is CCc1cccc(NC(=O)CNc2cccc([N+](=O)[O-])c2C)c1. The Balaban J connectivity index is 1.99. The Hall–Kier alpha value is -2.89. The molecule has 0 fully saturated rings. The predicted octanol–water partition coefficient (Wildman–Crippen LogP) is 3.52. The molecule has 0 spiro atoms. The van der Waals surface area contributed by atoms with Crippen LogP contribution >= 0.6 is 0 Å². The average Bonchev–Trinajstić information content (AvgIpc) is 2.53. The molecule has 0 bridgehead atoms. The molecular formula is C17H19N3O3. The second kappa shape index (κ2) is 7.40. The molecule has 6 heteroatoms. The van der Waals surface area contributed by atoms with Crippen molar-refractivity contribution >= 4 is 23.0 Å². The number of nitrogens with zero attached hydrogens (tertiary/aromatic N) is 1. The molecule has 0 saturated carbocycles. The summed E-state index contributed by atoms with van der Waals surface area (Å²) in [6.45, 7) is 3.75. The Labute approximate surface area is 134 Å². The lowest BCUT2D eigenvalue weighted by atomic mass is 10.1. The Morgan fingerprint density at radius 3 is 2.65 bits per heavy atom. The van der Waals surface area contributed by atoms with Crippen LogP contribution in [0.3, 0.4) is 0 Å². The zero-order valence-electron chi connectivity index (χ0n) is 13.1. The number of benzene rings is 2. The van der Waals surface area contributed by atoms with E-state index in [4.69, 9.17) is 0 Å². The van der Waals surface area contributed by atoms with Crippen molar-refractivity contribution in [2.24, 2.45) is 0 Å². The minimum absolute atomic E-state index is 0.0334. The van der Waals surface area contributed by atoms with Gasteiger partial charge in [-0.1, -0.05) is 25.1 Å². The van der Waals surface area contributed by atoms with Crippen LogP contribution in [-0.2, 0) is 11.2 Å². The van der Waals surface area contributed by atoms with Gasteiger partial charge in [-0.05, 0) is 37.1 Å². The van der Waals surface area contributed by atoms with E-state index >= 15 is 0 Å². The quantitative estimate of drug-likeness (QED) is 0.631. The van der Waals surface area contributed by atoms with Gasteiger partial charge in [0.15, 0.2) is 0 Å². The Bertz CT molecular complexity index is 729. The fraction of sp³-hybridized carbons (Fsp3) is 0.235. The summed E-state index contributed by atoms with van der Waals surface area (Å²) >= 11 is 0. The number of rotatable bonds is 6. The first-order valence-electron chi connectivity index (χ1n) is 7.38. The first-order valence-corrected chi connectivity index (χ1v) is 7.38. The smallest absolute Gasteiger partial charge is 0.274 e. The van der Waals surface area contributed by atoms with Gasteiger partial charge in [0.25, 0.3) is 5.69 Å². The maximum Gasteiger partial charge on any atom is 0.274 e. The van der Waals surface area contributed by atoms with Crippen molar-refractivity contribution in [3.63, 3.8) is 0 Å². The van der Waals surface area contributed by atoms with Gasteiger partial charge in [0.1, 0.15) is 0 Å². The van der Waals surface area contributed by atoms with E-state index in [1.807, 2.05) is 31.2 Å². The molecule has 0 aromatic heterocycles. The van der Waals surface area contributed by atoms with Gasteiger partial charge < -0.3 is 10.6 Å². The molecular weight excluding hydrogens is 294 g/mol. The number of anilines is 2. The van der Waals surface area contributed by atoms with Gasteiger partial charge >= 0.3 is 0 Å². The van der Waals surface area contributed by atoms with Crippen molar-refractivity contribution in [1.82, 2.24) is 0 Å². The third-order valence-corrected chi connectivity index (χ3v) is 3.56. The summed E-state index contributed by atoms with van der Waals surface area (Å²) in [5.74, 6) is -0.204. The van der Waals surface area contributed by atoms with Gasteiger partial charge in [-0.2, -0.15) is 0 Å². The second-order valence-electron chi connectivity index (χ2n) is 5.16. The predicted molar refractivity (Wildman–Crippen MR) is 90.8 cm³/mol. The van der Waals surface area contributed by atoms with E-state index < -0.39 is 4.92 Å². The lowest BCUT2D eigenvalue weighted by Crippen LogP contribution is -2.22. The van der Waals surface area contributed by atoms with Crippen molar-refractivity contribution in [2.75, 3.05) is 17.2 Å². The summed E-state index contributed by atoms with van der Waals surface area (Å²) in [7, 11) is 0. The van der Waals surface area contributed by atoms with Crippen molar-refractivity contribution in [1.29, 1.82) is 0 Å². The van der Waals surface area contributed by atoms with E-state index in [0.29, 0.717) is 11.3 Å². The van der Waals surface area contributed by atoms with Crippen LogP contribution in [0.1, 0.15) is 18.1 Å². The highest BCUT2D eigenvalue weighted by Gasteiger charge is 2.13. The maximum absolute atomic E-state index is 12.0. The Morgan fingerprint density at radius 1 is 1.22 bits per heavy atom. The molecule has 2 rings (SSSR count). The van der Waals surface area contributed by atoms with Crippen LogP contribution in [-0.4, -0.2) is 17.4 Å². The van der Waals surface area contributed by atoms with Crippen LogP contribution in [0.15, 0.2) is 42.5 Å². The zero-order valence-corrected chi connectivity index (χ0v) is 13.1. The van der Waals surface area contributed by atoms with Crippen LogP contribution in [0.4, 0.5) is 17.1 Å². The second-order valence-corrected chi connectivity index (χ2v) is 5.16. The van der Waals surface area contributed by atoms with Crippen LogP contribution in [0.5, 0.6) is 0 Å². The number of amides is 1. The first-order chi connectivity index (χ1) is 11.0. The highest BCUT2D eigenvalue weighted by molar-refractivity contribution is 5.94. The molecule has 0 radical (unpaired) electrons. The molecule has 2 N–H and O–H groups in total. The Kier molecular flexibility index (Phi) is 5.30. The third kappa shape index (κ3) is 4.29. The highest BCUT2D eigenvalue weighted by atomic mass is 16.6. The number of carbonyl (C=O) groups is 1. The van der Waals surface area contributed by atoms with Gasteiger partial charge in [0.05, 0.1) is 11.5 Å². The number of hydrogen-bond donors (Lipinski definition) is 2. The molecule has 2 aromatic rings. The van der Waals surface area contributed by atoms with Crippen molar-refractivity contribution in [2.45, 2.75) is 20.3 Å². The van der Waals surface area contributed by atoms with Crippen LogP contribution in [0, 0.1) is 17.0 Å². The van der Waals surface area contributed by atoms with E-state index in [0.717, 1.165) is 17.7 Å². The van der Waals surface area contributed by atoms with Gasteiger partial charge in [-0.15, -0.1) is 0 Å². The lowest BCUT2D eigenvalue weighted by Gasteiger charge is -2.10. The van der Waals surface area contributed by atoms with Crippen molar-refractivity contribution < 1.29 is 9.72 Å². The van der Waals surface area contributed by atoms with Gasteiger partial charge in [0.2, 0.25) is 5.91 Å². The number of nitro groups is 1. The molecule has 0 heterocycles. The standard InChI is InChI=1S/C17H19N3O3/c1-3-13-6-4-7-14(10-13)19-17(21)11-18-15-8-5-9-16(12(15)2)20(22)23/h4-10,18H,3,11H2,1-2H3,(H,19,21). The molecule has 0 aliphatic carbocycles. The van der Waals surface area contributed by atoms with Crippen molar-refractivity contribution in [3.8, 4) is 0 Å². The van der Waals surface area contributed by atoms with Gasteiger partial charge in [-0.25, -0.2) is 0 Å². The number of carbonyl (C=O) groups excluding carboxylic acids is 1. The first kappa shape index (κ1) is 16.5. The normalized spacial score (nSPS) is 10.2. The summed E-state index contributed by atoms with van der Waals surface area (Å²) < 4.78 is 0. The molecule has 23 heavy (non-hydrogen) atoms. The topological polar surface area (TPSA) is 84.3 Å².